The number of halogens is 1. The van der Waals surface area contributed by atoms with Gasteiger partial charge < -0.3 is 9.80 Å². The van der Waals surface area contributed by atoms with Crippen LogP contribution in [0.25, 0.3) is 0 Å². The predicted molar refractivity (Wildman–Crippen MR) is 83.9 cm³/mol. The molecule has 0 atom stereocenters. The molecule has 1 amide bonds. The zero-order valence-electron chi connectivity index (χ0n) is 11.9. The summed E-state index contributed by atoms with van der Waals surface area (Å²) in [5, 5.41) is 0. The molecule has 1 heterocycles. The van der Waals surface area contributed by atoms with Crippen molar-refractivity contribution in [3.05, 3.63) is 34.3 Å². The molecule has 0 spiro atoms. The van der Waals surface area contributed by atoms with E-state index in [2.05, 4.69) is 32.8 Å². The Balaban J connectivity index is 1.76. The average Bonchev–Trinajstić information content (AvgIpc) is 3.26. The molecule has 1 aromatic carbocycles. The third-order valence-corrected chi connectivity index (χ3v) is 4.88. The first kappa shape index (κ1) is 14.1. The van der Waals surface area contributed by atoms with Crippen molar-refractivity contribution in [2.24, 2.45) is 0 Å². The highest BCUT2D eigenvalue weighted by Crippen LogP contribution is 2.33. The topological polar surface area (TPSA) is 23.6 Å². The van der Waals surface area contributed by atoms with Gasteiger partial charge in [0.1, 0.15) is 0 Å². The molecule has 1 saturated heterocycles. The number of benzene rings is 1. The fourth-order valence-corrected chi connectivity index (χ4v) is 3.26. The third kappa shape index (κ3) is 3.07. The highest BCUT2D eigenvalue weighted by atomic mass is 79.9. The molecule has 108 valence electrons. The summed E-state index contributed by atoms with van der Waals surface area (Å²) in [6.45, 7) is 2.20. The molecule has 3 nitrogen and oxygen atoms in total. The van der Waals surface area contributed by atoms with Crippen LogP contribution in [0.15, 0.2) is 28.7 Å². The second-order valence-corrected chi connectivity index (χ2v) is 6.90. The van der Waals surface area contributed by atoms with Crippen LogP contribution in [-0.4, -0.2) is 47.9 Å². The summed E-state index contributed by atoms with van der Waals surface area (Å²) in [4.78, 5) is 17.3. The van der Waals surface area contributed by atoms with Crippen LogP contribution in [0.3, 0.4) is 0 Å². The molecule has 20 heavy (non-hydrogen) atoms. The van der Waals surface area contributed by atoms with Crippen molar-refractivity contribution in [3.63, 3.8) is 0 Å². The van der Waals surface area contributed by atoms with Gasteiger partial charge in [0.05, 0.1) is 0 Å². The molecule has 1 aliphatic heterocycles. The van der Waals surface area contributed by atoms with Crippen molar-refractivity contribution in [2.45, 2.75) is 37.8 Å². The molecule has 1 saturated carbocycles. The van der Waals surface area contributed by atoms with Gasteiger partial charge in [-0.3, -0.25) is 4.79 Å². The maximum absolute atomic E-state index is 12.8. The van der Waals surface area contributed by atoms with Gasteiger partial charge in [0.25, 0.3) is 5.91 Å². The minimum absolute atomic E-state index is 0.217. The Kier molecular flexibility index (Phi) is 4.13. The van der Waals surface area contributed by atoms with Gasteiger partial charge in [-0.2, -0.15) is 0 Å². The van der Waals surface area contributed by atoms with Gasteiger partial charge >= 0.3 is 0 Å². The fraction of sp³-hybridized carbons (Fsp3) is 0.562. The number of rotatable bonds is 3. The van der Waals surface area contributed by atoms with E-state index in [1.54, 1.807) is 0 Å². The monoisotopic (exact) mass is 336 g/mol. The fourth-order valence-electron chi connectivity index (χ4n) is 3.00. The maximum Gasteiger partial charge on any atom is 0.254 e. The lowest BCUT2D eigenvalue weighted by Gasteiger charge is -2.37. The standard InChI is InChI=1S/C16H21BrN2O/c1-18-10-8-15(9-11-18)19(14-6-7-14)16(20)12-2-4-13(17)5-3-12/h2-5,14-15H,6-11H2,1H3. The molecular weight excluding hydrogens is 316 g/mol. The van der Waals surface area contributed by atoms with Gasteiger partial charge in [-0.15, -0.1) is 0 Å². The van der Waals surface area contributed by atoms with Gasteiger partial charge in [0.2, 0.25) is 0 Å². The Morgan fingerprint density at radius 3 is 2.20 bits per heavy atom. The summed E-state index contributed by atoms with van der Waals surface area (Å²) >= 11 is 3.43. The van der Waals surface area contributed by atoms with E-state index in [0.717, 1.165) is 36.0 Å². The lowest BCUT2D eigenvalue weighted by molar-refractivity contribution is 0.0569. The van der Waals surface area contributed by atoms with Crippen molar-refractivity contribution < 1.29 is 4.79 Å². The first-order valence-electron chi connectivity index (χ1n) is 7.42. The summed E-state index contributed by atoms with van der Waals surface area (Å²) in [5.74, 6) is 0.217. The molecule has 3 rings (SSSR count). The number of likely N-dealkylation sites (tertiary alicyclic amines) is 1. The van der Waals surface area contributed by atoms with Crippen LogP contribution >= 0.6 is 15.9 Å². The second-order valence-electron chi connectivity index (χ2n) is 5.98. The van der Waals surface area contributed by atoms with Crippen molar-refractivity contribution in [3.8, 4) is 0 Å². The number of nitrogens with zero attached hydrogens (tertiary/aromatic N) is 2. The Morgan fingerprint density at radius 2 is 1.65 bits per heavy atom. The first-order valence-corrected chi connectivity index (χ1v) is 8.21. The van der Waals surface area contributed by atoms with Gasteiger partial charge in [0.15, 0.2) is 0 Å². The molecule has 4 heteroatoms. The van der Waals surface area contributed by atoms with E-state index >= 15 is 0 Å². The second kappa shape index (κ2) is 5.86. The zero-order valence-corrected chi connectivity index (χ0v) is 13.5. The van der Waals surface area contributed by atoms with E-state index in [-0.39, 0.29) is 5.91 Å². The predicted octanol–water partition coefficient (Wildman–Crippen LogP) is 3.15. The number of amides is 1. The van der Waals surface area contributed by atoms with Crippen molar-refractivity contribution >= 4 is 21.8 Å². The highest BCUT2D eigenvalue weighted by molar-refractivity contribution is 9.10. The lowest BCUT2D eigenvalue weighted by Crippen LogP contribution is -2.47. The van der Waals surface area contributed by atoms with Gasteiger partial charge in [-0.1, -0.05) is 15.9 Å². The molecule has 1 aliphatic carbocycles. The van der Waals surface area contributed by atoms with Crippen molar-refractivity contribution in [2.75, 3.05) is 20.1 Å². The Labute approximate surface area is 129 Å². The summed E-state index contributed by atoms with van der Waals surface area (Å²) in [6.07, 6.45) is 4.56. The van der Waals surface area contributed by atoms with Crippen molar-refractivity contribution in [1.29, 1.82) is 0 Å². The molecule has 2 aliphatic rings. The van der Waals surface area contributed by atoms with Crippen LogP contribution < -0.4 is 0 Å². The largest absolute Gasteiger partial charge is 0.333 e. The van der Waals surface area contributed by atoms with E-state index in [9.17, 15) is 4.79 Å². The van der Waals surface area contributed by atoms with Gasteiger partial charge in [0, 0.05) is 22.1 Å². The van der Waals surface area contributed by atoms with Crippen LogP contribution in [0.1, 0.15) is 36.0 Å². The minimum Gasteiger partial charge on any atom is -0.333 e. The van der Waals surface area contributed by atoms with E-state index in [4.69, 9.17) is 0 Å². The molecule has 0 unspecified atom stereocenters. The maximum atomic E-state index is 12.8. The Morgan fingerprint density at radius 1 is 1.10 bits per heavy atom. The number of carbonyl (C=O) groups excluding carboxylic acids is 1. The first-order chi connectivity index (χ1) is 9.65. The van der Waals surface area contributed by atoms with Gasteiger partial charge in [-0.05, 0) is 70.1 Å². The minimum atomic E-state index is 0.217. The Bertz CT molecular complexity index is 476. The molecule has 0 N–H and O–H groups in total. The lowest BCUT2D eigenvalue weighted by atomic mass is 10.0. The smallest absolute Gasteiger partial charge is 0.254 e. The van der Waals surface area contributed by atoms with Crippen LogP contribution in [0.2, 0.25) is 0 Å². The molecule has 2 fully saturated rings. The van der Waals surface area contributed by atoms with E-state index in [1.807, 2.05) is 24.3 Å². The zero-order chi connectivity index (χ0) is 14.1. The SMILES string of the molecule is CN1CCC(N(C(=O)c2ccc(Br)cc2)C2CC2)CC1. The normalized spacial score (nSPS) is 20.9. The number of piperidine rings is 1. The van der Waals surface area contributed by atoms with E-state index in [0.29, 0.717) is 12.1 Å². The molecule has 0 radical (unpaired) electrons. The van der Waals surface area contributed by atoms with Crippen LogP contribution in [0.4, 0.5) is 0 Å². The summed E-state index contributed by atoms with van der Waals surface area (Å²) < 4.78 is 1.02. The molecule has 0 aromatic heterocycles. The van der Waals surface area contributed by atoms with Crippen LogP contribution in [-0.2, 0) is 0 Å². The number of hydrogen-bond acceptors (Lipinski definition) is 2. The average molecular weight is 337 g/mol. The van der Waals surface area contributed by atoms with E-state index in [1.165, 1.54) is 12.8 Å². The number of carbonyl (C=O) groups is 1. The van der Waals surface area contributed by atoms with E-state index < -0.39 is 0 Å². The summed E-state index contributed by atoms with van der Waals surface area (Å²) in [6, 6.07) is 8.67. The van der Waals surface area contributed by atoms with Crippen LogP contribution in [0.5, 0.6) is 0 Å². The van der Waals surface area contributed by atoms with Crippen molar-refractivity contribution in [1.82, 2.24) is 9.80 Å². The quantitative estimate of drug-likeness (QED) is 0.846. The number of hydrogen-bond donors (Lipinski definition) is 0. The molecule has 0 bridgehead atoms. The van der Waals surface area contributed by atoms with Crippen LogP contribution in [0, 0.1) is 0 Å². The highest BCUT2D eigenvalue weighted by Gasteiger charge is 2.38. The summed E-state index contributed by atoms with van der Waals surface area (Å²) in [7, 11) is 2.16. The molecule has 1 aromatic rings. The molecular formula is C16H21BrN2O. The Hall–Kier alpha value is -0.870. The van der Waals surface area contributed by atoms with Gasteiger partial charge in [-0.25, -0.2) is 0 Å². The summed E-state index contributed by atoms with van der Waals surface area (Å²) in [5.41, 5.74) is 0.819. The third-order valence-electron chi connectivity index (χ3n) is 4.35.